The van der Waals surface area contributed by atoms with E-state index >= 15 is 0 Å². The van der Waals surface area contributed by atoms with Crippen LogP contribution in [-0.4, -0.2) is 41.0 Å². The third-order valence-electron chi connectivity index (χ3n) is 2.10. The van der Waals surface area contributed by atoms with Gasteiger partial charge in [0.05, 0.1) is 23.0 Å². The summed E-state index contributed by atoms with van der Waals surface area (Å²) in [6.45, 7) is 2.09. The Bertz CT molecular complexity index is 319. The van der Waals surface area contributed by atoms with Crippen molar-refractivity contribution < 1.29 is 14.3 Å². The Kier molecular flexibility index (Phi) is 5.34. The van der Waals surface area contributed by atoms with Gasteiger partial charge in [-0.15, -0.1) is 0 Å². The van der Waals surface area contributed by atoms with E-state index < -0.39 is 5.97 Å². The largest absolute Gasteiger partial charge is 0.463 e. The van der Waals surface area contributed by atoms with E-state index in [1.807, 2.05) is 0 Å². The van der Waals surface area contributed by atoms with Crippen LogP contribution >= 0.6 is 27.7 Å². The van der Waals surface area contributed by atoms with Crippen LogP contribution in [0.5, 0.6) is 0 Å². The lowest BCUT2D eigenvalue weighted by molar-refractivity contribution is -0.137. The Morgan fingerprint density at radius 2 is 2.38 bits per heavy atom. The summed E-state index contributed by atoms with van der Waals surface area (Å²) < 4.78 is 4.81. The maximum absolute atomic E-state index is 11.7. The van der Waals surface area contributed by atoms with E-state index in [1.165, 1.54) is 22.7 Å². The first kappa shape index (κ1) is 13.6. The molecule has 0 saturated carbocycles. The first-order valence-electron chi connectivity index (χ1n) is 4.98. The third-order valence-corrected chi connectivity index (χ3v) is 3.91. The molecule has 1 unspecified atom stereocenters. The van der Waals surface area contributed by atoms with Crippen molar-refractivity contribution in [3.8, 4) is 0 Å². The van der Waals surface area contributed by atoms with Gasteiger partial charge in [-0.2, -0.15) is 0 Å². The molecule has 0 bridgehead atoms. The SMILES string of the molecule is CCOC(=O)/C=C1\SC(CCBr)C(=O)N1C. The molecular formula is C10H14BrNO3S. The molecule has 1 fully saturated rings. The predicted molar refractivity (Wildman–Crippen MR) is 67.3 cm³/mol. The second-order valence-corrected chi connectivity index (χ2v) is 5.23. The Morgan fingerprint density at radius 3 is 2.94 bits per heavy atom. The van der Waals surface area contributed by atoms with Crippen LogP contribution in [0.3, 0.4) is 0 Å². The summed E-state index contributed by atoms with van der Waals surface area (Å²) in [6, 6.07) is 0. The molecule has 1 aliphatic heterocycles. The van der Waals surface area contributed by atoms with E-state index in [1.54, 1.807) is 14.0 Å². The van der Waals surface area contributed by atoms with Gasteiger partial charge in [-0.3, -0.25) is 4.79 Å². The minimum atomic E-state index is -0.399. The average Bonchev–Trinajstić information content (AvgIpc) is 2.48. The summed E-state index contributed by atoms with van der Waals surface area (Å²) in [7, 11) is 1.68. The highest BCUT2D eigenvalue weighted by atomic mass is 79.9. The normalized spacial score (nSPS) is 22.9. The quantitative estimate of drug-likeness (QED) is 0.451. The average molecular weight is 308 g/mol. The minimum Gasteiger partial charge on any atom is -0.463 e. The van der Waals surface area contributed by atoms with Gasteiger partial charge >= 0.3 is 5.97 Å². The van der Waals surface area contributed by atoms with Gasteiger partial charge in [-0.25, -0.2) is 4.79 Å². The maximum atomic E-state index is 11.7. The molecule has 0 aromatic heterocycles. The van der Waals surface area contributed by atoms with Crippen LogP contribution in [-0.2, 0) is 14.3 Å². The number of nitrogens with zero attached hydrogens (tertiary/aromatic N) is 1. The Morgan fingerprint density at radius 1 is 1.69 bits per heavy atom. The maximum Gasteiger partial charge on any atom is 0.333 e. The van der Waals surface area contributed by atoms with E-state index in [0.717, 1.165) is 11.8 Å². The molecule has 90 valence electrons. The number of ether oxygens (including phenoxy) is 1. The molecule has 4 nitrogen and oxygen atoms in total. The number of rotatable bonds is 4. The molecule has 0 N–H and O–H groups in total. The fourth-order valence-electron chi connectivity index (χ4n) is 1.30. The second kappa shape index (κ2) is 6.30. The summed E-state index contributed by atoms with van der Waals surface area (Å²) >= 11 is 4.72. The van der Waals surface area contributed by atoms with Crippen molar-refractivity contribution in [3.63, 3.8) is 0 Å². The fourth-order valence-corrected chi connectivity index (χ4v) is 3.26. The van der Waals surface area contributed by atoms with Crippen molar-refractivity contribution in [2.24, 2.45) is 0 Å². The van der Waals surface area contributed by atoms with Gasteiger partial charge in [0.25, 0.3) is 0 Å². The second-order valence-electron chi connectivity index (χ2n) is 3.22. The molecule has 1 atom stereocenters. The predicted octanol–water partition coefficient (Wildman–Crippen LogP) is 1.75. The summed E-state index contributed by atoms with van der Waals surface area (Å²) in [5.74, 6) is -0.357. The van der Waals surface area contributed by atoms with Crippen molar-refractivity contribution in [2.75, 3.05) is 19.0 Å². The van der Waals surface area contributed by atoms with E-state index in [4.69, 9.17) is 4.74 Å². The van der Waals surface area contributed by atoms with Crippen molar-refractivity contribution in [1.82, 2.24) is 4.90 Å². The van der Waals surface area contributed by atoms with Gasteiger partial charge in [0.2, 0.25) is 5.91 Å². The highest BCUT2D eigenvalue weighted by Crippen LogP contribution is 2.35. The number of halogens is 1. The van der Waals surface area contributed by atoms with Crippen molar-refractivity contribution in [1.29, 1.82) is 0 Å². The molecule has 0 aromatic rings. The zero-order chi connectivity index (χ0) is 12.1. The van der Waals surface area contributed by atoms with Gasteiger partial charge < -0.3 is 9.64 Å². The van der Waals surface area contributed by atoms with E-state index in [9.17, 15) is 9.59 Å². The molecule has 0 aromatic carbocycles. The van der Waals surface area contributed by atoms with Crippen LogP contribution in [0.1, 0.15) is 13.3 Å². The molecule has 1 heterocycles. The molecule has 0 radical (unpaired) electrons. The molecule has 0 spiro atoms. The minimum absolute atomic E-state index is 0.0417. The number of thioether (sulfide) groups is 1. The lowest BCUT2D eigenvalue weighted by atomic mass is 10.3. The topological polar surface area (TPSA) is 46.6 Å². The summed E-state index contributed by atoms with van der Waals surface area (Å²) in [4.78, 5) is 24.5. The molecule has 1 rings (SSSR count). The number of carbonyl (C=O) groups is 2. The van der Waals surface area contributed by atoms with Crippen molar-refractivity contribution in [3.05, 3.63) is 11.1 Å². The lowest BCUT2D eigenvalue weighted by Crippen LogP contribution is -2.25. The van der Waals surface area contributed by atoms with Crippen LogP contribution in [0.2, 0.25) is 0 Å². The van der Waals surface area contributed by atoms with Gasteiger partial charge in [-0.1, -0.05) is 27.7 Å². The highest BCUT2D eigenvalue weighted by molar-refractivity contribution is 9.09. The van der Waals surface area contributed by atoms with Crippen LogP contribution in [0.4, 0.5) is 0 Å². The molecule has 1 saturated heterocycles. The number of carbonyl (C=O) groups excluding carboxylic acids is 2. The lowest BCUT2D eigenvalue weighted by Gasteiger charge is -2.08. The molecule has 1 amide bonds. The first-order valence-corrected chi connectivity index (χ1v) is 6.99. The Hall–Kier alpha value is -0.490. The molecule has 16 heavy (non-hydrogen) atoms. The van der Waals surface area contributed by atoms with Crippen LogP contribution in [0, 0.1) is 0 Å². The summed E-state index contributed by atoms with van der Waals surface area (Å²) in [5.41, 5.74) is 0. The van der Waals surface area contributed by atoms with Crippen molar-refractivity contribution >= 4 is 39.6 Å². The number of amides is 1. The smallest absolute Gasteiger partial charge is 0.333 e. The van der Waals surface area contributed by atoms with E-state index in [0.29, 0.717) is 11.6 Å². The molecule has 1 aliphatic rings. The molecule has 0 aliphatic carbocycles. The summed E-state index contributed by atoms with van der Waals surface area (Å²) in [5, 5.41) is 1.34. The number of hydrogen-bond donors (Lipinski definition) is 0. The van der Waals surface area contributed by atoms with Crippen LogP contribution in [0.15, 0.2) is 11.1 Å². The zero-order valence-electron chi connectivity index (χ0n) is 9.23. The number of esters is 1. The number of hydrogen-bond acceptors (Lipinski definition) is 4. The van der Waals surface area contributed by atoms with Gasteiger partial charge in [-0.05, 0) is 13.3 Å². The number of alkyl halides is 1. The Labute approximate surface area is 108 Å². The standard InChI is InChI=1S/C10H14BrNO3S/c1-3-15-9(13)6-8-12(2)10(14)7(16-8)4-5-11/h6-7H,3-5H2,1-2H3/b8-6-. The Balaban J connectivity index is 2.69. The van der Waals surface area contributed by atoms with Crippen molar-refractivity contribution in [2.45, 2.75) is 18.6 Å². The fraction of sp³-hybridized carbons (Fsp3) is 0.600. The third kappa shape index (κ3) is 3.25. The monoisotopic (exact) mass is 307 g/mol. The van der Waals surface area contributed by atoms with Crippen LogP contribution in [0.25, 0.3) is 0 Å². The van der Waals surface area contributed by atoms with Crippen LogP contribution < -0.4 is 0 Å². The molecular weight excluding hydrogens is 294 g/mol. The summed E-state index contributed by atoms with van der Waals surface area (Å²) in [6.07, 6.45) is 2.13. The van der Waals surface area contributed by atoms with Gasteiger partial charge in [0, 0.05) is 12.4 Å². The van der Waals surface area contributed by atoms with E-state index in [-0.39, 0.29) is 11.2 Å². The first-order chi connectivity index (χ1) is 7.60. The zero-order valence-corrected chi connectivity index (χ0v) is 11.6. The van der Waals surface area contributed by atoms with Gasteiger partial charge in [0.1, 0.15) is 0 Å². The highest BCUT2D eigenvalue weighted by Gasteiger charge is 2.33. The van der Waals surface area contributed by atoms with Gasteiger partial charge in [0.15, 0.2) is 0 Å². The van der Waals surface area contributed by atoms with E-state index in [2.05, 4.69) is 15.9 Å². The molecule has 6 heteroatoms.